The summed E-state index contributed by atoms with van der Waals surface area (Å²) in [5.41, 5.74) is 0.979. The Hall–Kier alpha value is -0.320. The maximum atomic E-state index is 5.05. The number of aromatic nitrogens is 1. The molecule has 0 aromatic carbocycles. The molecule has 4 heteroatoms. The molecule has 0 unspecified atom stereocenters. The van der Waals surface area contributed by atoms with Crippen LogP contribution in [0.1, 0.15) is 0 Å². The molecule has 2 heterocycles. The van der Waals surface area contributed by atoms with E-state index in [4.69, 9.17) is 12.2 Å². The van der Waals surface area contributed by atoms with E-state index in [0.29, 0.717) is 0 Å². The minimum atomic E-state index is 0.903. The maximum Gasteiger partial charge on any atom is 0.128 e. The third kappa shape index (κ3) is 0.885. The Labute approximate surface area is 70.4 Å². The molecule has 0 aliphatic rings. The Balaban J connectivity index is 3.07. The van der Waals surface area contributed by atoms with E-state index in [1.165, 1.54) is 4.70 Å². The second kappa shape index (κ2) is 2.38. The van der Waals surface area contributed by atoms with Crippen molar-refractivity contribution in [3.63, 3.8) is 0 Å². The van der Waals surface area contributed by atoms with Gasteiger partial charge in [-0.3, -0.25) is 4.98 Å². The minimum Gasteiger partial charge on any atom is -0.253 e. The third-order valence-corrected chi connectivity index (χ3v) is 4.16. The van der Waals surface area contributed by atoms with Crippen molar-refractivity contribution in [2.24, 2.45) is 0 Å². The van der Waals surface area contributed by atoms with Gasteiger partial charge in [-0.15, -0.1) is 0 Å². The monoisotopic (exact) mass is 185 g/mol. The number of hydrogen-bond donors (Lipinski definition) is 0. The predicted octanol–water partition coefficient (Wildman–Crippen LogP) is 3.09. The molecule has 2 rings (SSSR count). The van der Waals surface area contributed by atoms with Crippen LogP contribution >= 0.6 is 32.9 Å². The molecular formula is C6H3NS3. The lowest BCUT2D eigenvalue weighted by molar-refractivity contribution is 1.43. The first kappa shape index (κ1) is 6.39. The van der Waals surface area contributed by atoms with Crippen molar-refractivity contribution >= 4 is 43.1 Å². The van der Waals surface area contributed by atoms with Gasteiger partial charge in [0.25, 0.3) is 0 Å². The van der Waals surface area contributed by atoms with Gasteiger partial charge in [0.1, 0.15) is 9.34 Å². The summed E-state index contributed by atoms with van der Waals surface area (Å²) in [6.07, 6.45) is 1.78. The van der Waals surface area contributed by atoms with Crippen LogP contribution in [0.5, 0.6) is 0 Å². The number of hydrogen-bond acceptors (Lipinski definition) is 4. The first-order valence-corrected chi connectivity index (χ1v) is 5.27. The van der Waals surface area contributed by atoms with E-state index in [2.05, 4.69) is 4.98 Å². The van der Waals surface area contributed by atoms with Crippen LogP contribution in [-0.4, -0.2) is 4.98 Å². The lowest BCUT2D eigenvalue weighted by Gasteiger charge is -1.81. The summed E-state index contributed by atoms with van der Waals surface area (Å²) in [4.78, 5) is 4.16. The molecule has 50 valence electrons. The molecule has 0 spiro atoms. The second-order valence-electron chi connectivity index (χ2n) is 1.80. The Bertz CT molecular complexity index is 400. The lowest BCUT2D eigenvalue weighted by atomic mass is 10.4. The molecule has 10 heavy (non-hydrogen) atoms. The smallest absolute Gasteiger partial charge is 0.128 e. The molecule has 0 aliphatic heterocycles. The van der Waals surface area contributed by atoms with Gasteiger partial charge >= 0.3 is 0 Å². The van der Waals surface area contributed by atoms with Crippen LogP contribution in [0.3, 0.4) is 0 Å². The molecule has 0 saturated heterocycles. The summed E-state index contributed by atoms with van der Waals surface area (Å²) in [5.74, 6) is 0. The fraction of sp³-hybridized carbons (Fsp3) is 0. The highest BCUT2D eigenvalue weighted by Crippen LogP contribution is 2.24. The van der Waals surface area contributed by atoms with Gasteiger partial charge in [-0.05, 0) is 12.1 Å². The number of nitrogens with zero attached hydrogens (tertiary/aromatic N) is 1. The first-order valence-electron chi connectivity index (χ1n) is 2.72. The Morgan fingerprint density at radius 2 is 2.30 bits per heavy atom. The molecule has 0 amide bonds. The highest BCUT2D eigenvalue weighted by molar-refractivity contribution is 7.81. The van der Waals surface area contributed by atoms with Crippen LogP contribution in [0.2, 0.25) is 0 Å². The average molecular weight is 185 g/mol. The summed E-state index contributed by atoms with van der Waals surface area (Å²) < 4.78 is 2.10. The van der Waals surface area contributed by atoms with Crippen molar-refractivity contribution in [1.82, 2.24) is 4.98 Å². The molecule has 2 aromatic rings. The molecule has 0 radical (unpaired) electrons. The molecule has 0 atom stereocenters. The number of rotatable bonds is 0. The average Bonchev–Trinajstić information content (AvgIpc) is 2.34. The standard InChI is InChI=1S/C6H3NS3/c8-6-5-4(9-10-6)2-1-3-7-5/h1-3H. The van der Waals surface area contributed by atoms with Gasteiger partial charge < -0.3 is 0 Å². The Morgan fingerprint density at radius 3 is 3.10 bits per heavy atom. The van der Waals surface area contributed by atoms with Crippen LogP contribution in [0.25, 0.3) is 10.2 Å². The van der Waals surface area contributed by atoms with Gasteiger partial charge in [0.05, 0.1) is 4.70 Å². The first-order chi connectivity index (χ1) is 4.88. The summed E-state index contributed by atoms with van der Waals surface area (Å²) in [7, 11) is 3.30. The van der Waals surface area contributed by atoms with Gasteiger partial charge in [-0.25, -0.2) is 0 Å². The van der Waals surface area contributed by atoms with E-state index >= 15 is 0 Å². The van der Waals surface area contributed by atoms with Crippen LogP contribution in [0.4, 0.5) is 0 Å². The van der Waals surface area contributed by atoms with Crippen LogP contribution in [0, 0.1) is 3.82 Å². The summed E-state index contributed by atoms with van der Waals surface area (Å²) in [6.45, 7) is 0. The van der Waals surface area contributed by atoms with Crippen molar-refractivity contribution in [3.8, 4) is 0 Å². The van der Waals surface area contributed by atoms with Crippen LogP contribution in [0.15, 0.2) is 18.3 Å². The SMILES string of the molecule is S=c1ssc2cccnc12. The predicted molar refractivity (Wildman–Crippen MR) is 48.3 cm³/mol. The van der Waals surface area contributed by atoms with E-state index < -0.39 is 0 Å². The van der Waals surface area contributed by atoms with Crippen molar-refractivity contribution < 1.29 is 0 Å². The van der Waals surface area contributed by atoms with Crippen LogP contribution in [-0.2, 0) is 0 Å². The third-order valence-electron chi connectivity index (χ3n) is 1.17. The van der Waals surface area contributed by atoms with Crippen molar-refractivity contribution in [3.05, 3.63) is 22.2 Å². The van der Waals surface area contributed by atoms with Crippen molar-refractivity contribution in [2.45, 2.75) is 0 Å². The van der Waals surface area contributed by atoms with E-state index in [1.807, 2.05) is 12.1 Å². The Kier molecular flexibility index (Phi) is 1.52. The zero-order valence-corrected chi connectivity index (χ0v) is 7.35. The highest BCUT2D eigenvalue weighted by Gasteiger charge is 1.96. The molecule has 0 N–H and O–H groups in total. The number of fused-ring (bicyclic) bond motifs is 1. The lowest BCUT2D eigenvalue weighted by Crippen LogP contribution is -1.67. The maximum absolute atomic E-state index is 5.05. The van der Waals surface area contributed by atoms with E-state index in [1.54, 1.807) is 26.9 Å². The zero-order chi connectivity index (χ0) is 6.97. The molecule has 1 nitrogen and oxygen atoms in total. The summed E-state index contributed by atoms with van der Waals surface area (Å²) >= 11 is 5.05. The largest absolute Gasteiger partial charge is 0.253 e. The fourth-order valence-electron chi connectivity index (χ4n) is 0.733. The van der Waals surface area contributed by atoms with Gasteiger partial charge in [-0.2, -0.15) is 0 Å². The van der Waals surface area contributed by atoms with E-state index in [-0.39, 0.29) is 0 Å². The fourth-order valence-corrected chi connectivity index (χ4v) is 3.24. The van der Waals surface area contributed by atoms with Gasteiger partial charge in [0, 0.05) is 6.20 Å². The van der Waals surface area contributed by atoms with Crippen molar-refractivity contribution in [1.29, 1.82) is 0 Å². The van der Waals surface area contributed by atoms with Gasteiger partial charge in [0.15, 0.2) is 0 Å². The molecule has 0 bridgehead atoms. The van der Waals surface area contributed by atoms with Gasteiger partial charge in [-0.1, -0.05) is 32.9 Å². The second-order valence-corrected chi connectivity index (χ2v) is 4.65. The Morgan fingerprint density at radius 1 is 1.40 bits per heavy atom. The topological polar surface area (TPSA) is 12.9 Å². The quantitative estimate of drug-likeness (QED) is 0.462. The molecule has 0 fully saturated rings. The molecule has 0 aliphatic carbocycles. The summed E-state index contributed by atoms with van der Waals surface area (Å²) in [6, 6.07) is 3.97. The van der Waals surface area contributed by atoms with E-state index in [9.17, 15) is 0 Å². The van der Waals surface area contributed by atoms with Gasteiger partial charge in [0.2, 0.25) is 0 Å². The minimum absolute atomic E-state index is 0.903. The molecule has 2 aromatic heterocycles. The number of pyridine rings is 1. The zero-order valence-electron chi connectivity index (χ0n) is 4.90. The summed E-state index contributed by atoms with van der Waals surface area (Å²) in [5, 5.41) is 0. The van der Waals surface area contributed by atoms with Crippen molar-refractivity contribution in [2.75, 3.05) is 0 Å². The molecule has 0 saturated carbocycles. The van der Waals surface area contributed by atoms with E-state index in [0.717, 1.165) is 9.34 Å². The molecular weight excluding hydrogens is 182 g/mol. The highest BCUT2D eigenvalue weighted by atomic mass is 32.9. The normalized spacial score (nSPS) is 10.4. The van der Waals surface area contributed by atoms with Crippen LogP contribution < -0.4 is 0 Å².